The number of aromatic nitrogens is 2. The number of rotatable bonds is 4. The lowest BCUT2D eigenvalue weighted by Gasteiger charge is -2.12. The SMILES string of the molecule is CSc1ccc(/C=C/c2nc3ccccc3c(=O)n2-c2ccc(Br)c(C)c2)cc1. The zero-order chi connectivity index (χ0) is 20.4. The molecule has 0 fully saturated rings. The number of aryl methyl sites for hydroxylation is 1. The lowest BCUT2D eigenvalue weighted by atomic mass is 10.2. The van der Waals surface area contributed by atoms with Crippen LogP contribution in [0.2, 0.25) is 0 Å². The van der Waals surface area contributed by atoms with Crippen molar-refractivity contribution in [1.29, 1.82) is 0 Å². The Hall–Kier alpha value is -2.63. The average molecular weight is 463 g/mol. The molecule has 0 saturated carbocycles. The standard InChI is InChI=1S/C24H19BrN2OS/c1-16-15-18(10-13-21(16)25)27-23(14-9-17-7-11-19(29-2)12-8-17)26-22-6-4-3-5-20(22)24(27)28/h3-15H,1-2H3/b14-9+. The number of thioether (sulfide) groups is 1. The number of hydrogen-bond donors (Lipinski definition) is 0. The van der Waals surface area contributed by atoms with Crippen LogP contribution >= 0.6 is 27.7 Å². The Kier molecular flexibility index (Phi) is 5.69. The van der Waals surface area contributed by atoms with Crippen LogP contribution < -0.4 is 5.56 Å². The molecule has 0 aliphatic heterocycles. The van der Waals surface area contributed by atoms with E-state index < -0.39 is 0 Å². The molecule has 1 heterocycles. The molecule has 1 aromatic heterocycles. The van der Waals surface area contributed by atoms with Crippen LogP contribution in [0.5, 0.6) is 0 Å². The summed E-state index contributed by atoms with van der Waals surface area (Å²) in [5.74, 6) is 0.601. The molecular formula is C24H19BrN2OS. The van der Waals surface area contributed by atoms with Gasteiger partial charge in [0.25, 0.3) is 5.56 Å². The number of hydrogen-bond acceptors (Lipinski definition) is 3. The van der Waals surface area contributed by atoms with Gasteiger partial charge in [0.2, 0.25) is 0 Å². The topological polar surface area (TPSA) is 34.9 Å². The van der Waals surface area contributed by atoms with E-state index in [9.17, 15) is 4.79 Å². The van der Waals surface area contributed by atoms with E-state index in [1.54, 1.807) is 16.3 Å². The monoisotopic (exact) mass is 462 g/mol. The third-order valence-electron chi connectivity index (χ3n) is 4.74. The van der Waals surface area contributed by atoms with Crippen LogP contribution in [0.3, 0.4) is 0 Å². The third-order valence-corrected chi connectivity index (χ3v) is 6.38. The maximum atomic E-state index is 13.3. The van der Waals surface area contributed by atoms with Crippen molar-refractivity contribution < 1.29 is 0 Å². The summed E-state index contributed by atoms with van der Waals surface area (Å²) in [6.45, 7) is 2.01. The van der Waals surface area contributed by atoms with Crippen LogP contribution in [0.1, 0.15) is 17.0 Å². The summed E-state index contributed by atoms with van der Waals surface area (Å²) in [4.78, 5) is 19.3. The fourth-order valence-corrected chi connectivity index (χ4v) is 3.82. The van der Waals surface area contributed by atoms with E-state index in [-0.39, 0.29) is 5.56 Å². The summed E-state index contributed by atoms with van der Waals surface area (Å²) >= 11 is 5.24. The second-order valence-corrected chi connectivity index (χ2v) is 8.40. The predicted octanol–water partition coefficient (Wildman–Crippen LogP) is 6.35. The number of benzene rings is 3. The van der Waals surface area contributed by atoms with E-state index >= 15 is 0 Å². The van der Waals surface area contributed by atoms with Crippen LogP contribution in [0.25, 0.3) is 28.7 Å². The van der Waals surface area contributed by atoms with E-state index in [1.165, 1.54) is 4.90 Å². The smallest absolute Gasteiger partial charge is 0.266 e. The van der Waals surface area contributed by atoms with Gasteiger partial charge in [-0.1, -0.05) is 46.3 Å². The second kappa shape index (κ2) is 8.39. The van der Waals surface area contributed by atoms with Crippen molar-refractivity contribution >= 4 is 50.7 Å². The van der Waals surface area contributed by atoms with Gasteiger partial charge in [0.05, 0.1) is 16.6 Å². The number of nitrogens with zero attached hydrogens (tertiary/aromatic N) is 2. The van der Waals surface area contributed by atoms with Gasteiger partial charge in [-0.05, 0) is 72.8 Å². The van der Waals surface area contributed by atoms with Crippen molar-refractivity contribution in [2.75, 3.05) is 6.26 Å². The molecule has 0 aliphatic carbocycles. The van der Waals surface area contributed by atoms with Gasteiger partial charge in [0, 0.05) is 9.37 Å². The first-order chi connectivity index (χ1) is 14.1. The lowest BCUT2D eigenvalue weighted by molar-refractivity contribution is 0.941. The molecule has 4 aromatic rings. The van der Waals surface area contributed by atoms with Crippen molar-refractivity contribution in [3.8, 4) is 5.69 Å². The van der Waals surface area contributed by atoms with Crippen LogP contribution in [-0.2, 0) is 0 Å². The van der Waals surface area contributed by atoms with Gasteiger partial charge in [-0.15, -0.1) is 11.8 Å². The van der Waals surface area contributed by atoms with Crippen molar-refractivity contribution in [2.24, 2.45) is 0 Å². The molecule has 144 valence electrons. The molecule has 29 heavy (non-hydrogen) atoms. The summed E-state index contributed by atoms with van der Waals surface area (Å²) in [6, 6.07) is 21.6. The molecule has 3 nitrogen and oxygen atoms in total. The lowest BCUT2D eigenvalue weighted by Crippen LogP contribution is -2.22. The van der Waals surface area contributed by atoms with Gasteiger partial charge in [-0.3, -0.25) is 9.36 Å². The molecule has 3 aromatic carbocycles. The zero-order valence-electron chi connectivity index (χ0n) is 16.1. The van der Waals surface area contributed by atoms with Gasteiger partial charge in [0.15, 0.2) is 0 Å². The first kappa shape index (κ1) is 19.7. The molecule has 0 radical (unpaired) electrons. The molecule has 0 amide bonds. The molecule has 0 bridgehead atoms. The van der Waals surface area contributed by atoms with Crippen LogP contribution in [0, 0.1) is 6.92 Å². The first-order valence-corrected chi connectivity index (χ1v) is 11.2. The first-order valence-electron chi connectivity index (χ1n) is 9.17. The van der Waals surface area contributed by atoms with Crippen molar-refractivity contribution in [3.05, 3.63) is 98.5 Å². The van der Waals surface area contributed by atoms with Crippen LogP contribution in [-0.4, -0.2) is 15.8 Å². The third kappa shape index (κ3) is 4.07. The fourth-order valence-electron chi connectivity index (χ4n) is 3.16. The summed E-state index contributed by atoms with van der Waals surface area (Å²) in [5.41, 5.74) is 3.54. The van der Waals surface area contributed by atoms with Crippen molar-refractivity contribution in [2.45, 2.75) is 11.8 Å². The normalized spacial score (nSPS) is 11.4. The predicted molar refractivity (Wildman–Crippen MR) is 127 cm³/mol. The molecule has 0 N–H and O–H groups in total. The molecule has 5 heteroatoms. The molecule has 0 unspecified atom stereocenters. The number of halogens is 1. The van der Waals surface area contributed by atoms with E-state index in [0.717, 1.165) is 21.3 Å². The quantitative estimate of drug-likeness (QED) is 0.331. The van der Waals surface area contributed by atoms with Crippen LogP contribution in [0.15, 0.2) is 80.9 Å². The van der Waals surface area contributed by atoms with E-state index in [0.29, 0.717) is 16.7 Å². The minimum atomic E-state index is -0.0743. The number of fused-ring (bicyclic) bond motifs is 1. The Balaban J connectivity index is 1.90. The fraction of sp³-hybridized carbons (Fsp3) is 0.0833. The van der Waals surface area contributed by atoms with Gasteiger partial charge >= 0.3 is 0 Å². The minimum absolute atomic E-state index is 0.0743. The highest BCUT2D eigenvalue weighted by Gasteiger charge is 2.11. The Labute approximate surface area is 182 Å². The Morgan fingerprint density at radius 1 is 1.00 bits per heavy atom. The molecule has 4 rings (SSSR count). The largest absolute Gasteiger partial charge is 0.268 e. The van der Waals surface area contributed by atoms with Gasteiger partial charge in [-0.2, -0.15) is 0 Å². The summed E-state index contributed by atoms with van der Waals surface area (Å²) in [6.07, 6.45) is 5.95. The summed E-state index contributed by atoms with van der Waals surface area (Å²) in [7, 11) is 0. The van der Waals surface area contributed by atoms with Gasteiger partial charge < -0.3 is 0 Å². The van der Waals surface area contributed by atoms with Gasteiger partial charge in [-0.25, -0.2) is 4.98 Å². The minimum Gasteiger partial charge on any atom is -0.268 e. The second-order valence-electron chi connectivity index (χ2n) is 6.67. The van der Waals surface area contributed by atoms with Crippen molar-refractivity contribution in [1.82, 2.24) is 9.55 Å². The van der Waals surface area contributed by atoms with Gasteiger partial charge in [0.1, 0.15) is 5.82 Å². The summed E-state index contributed by atoms with van der Waals surface area (Å²) in [5, 5.41) is 0.606. The average Bonchev–Trinajstić information content (AvgIpc) is 2.75. The molecular weight excluding hydrogens is 444 g/mol. The van der Waals surface area contributed by atoms with E-state index in [4.69, 9.17) is 4.98 Å². The Morgan fingerprint density at radius 2 is 1.76 bits per heavy atom. The maximum Gasteiger partial charge on any atom is 0.266 e. The highest BCUT2D eigenvalue weighted by Crippen LogP contribution is 2.22. The van der Waals surface area contributed by atoms with E-state index in [1.807, 2.05) is 61.5 Å². The molecule has 0 saturated heterocycles. The molecule has 0 aliphatic rings. The molecule has 0 spiro atoms. The highest BCUT2D eigenvalue weighted by atomic mass is 79.9. The van der Waals surface area contributed by atoms with E-state index in [2.05, 4.69) is 46.5 Å². The maximum absolute atomic E-state index is 13.3. The Bertz CT molecular complexity index is 1280. The summed E-state index contributed by atoms with van der Waals surface area (Å²) < 4.78 is 2.68. The Morgan fingerprint density at radius 3 is 2.48 bits per heavy atom. The van der Waals surface area contributed by atoms with Crippen LogP contribution in [0.4, 0.5) is 0 Å². The zero-order valence-corrected chi connectivity index (χ0v) is 18.5. The molecule has 0 atom stereocenters. The van der Waals surface area contributed by atoms with Crippen molar-refractivity contribution in [3.63, 3.8) is 0 Å². The number of para-hydroxylation sites is 1. The highest BCUT2D eigenvalue weighted by molar-refractivity contribution is 9.10.